The van der Waals surface area contributed by atoms with Gasteiger partial charge in [-0.1, -0.05) is 5.16 Å². The van der Waals surface area contributed by atoms with Gasteiger partial charge in [0.05, 0.1) is 6.54 Å². The van der Waals surface area contributed by atoms with E-state index in [0.717, 1.165) is 25.1 Å². The van der Waals surface area contributed by atoms with Crippen molar-refractivity contribution in [2.45, 2.75) is 44.8 Å². The first-order valence-electron chi connectivity index (χ1n) is 5.02. The lowest BCUT2D eigenvalue weighted by atomic mass is 10.2. The summed E-state index contributed by atoms with van der Waals surface area (Å²) in [4.78, 5) is 4.12. The van der Waals surface area contributed by atoms with Crippen LogP contribution in [0, 0.1) is 6.92 Å². The second kappa shape index (κ2) is 4.06. The van der Waals surface area contributed by atoms with Gasteiger partial charge in [-0.15, -0.1) is 0 Å². The van der Waals surface area contributed by atoms with Gasteiger partial charge in [-0.05, 0) is 19.3 Å². The summed E-state index contributed by atoms with van der Waals surface area (Å²) in [5, 5.41) is 7.19. The topological polar surface area (TPSA) is 77.0 Å². The summed E-state index contributed by atoms with van der Waals surface area (Å²) in [5.41, 5.74) is 5.81. The van der Waals surface area contributed by atoms with Crippen LogP contribution in [0.2, 0.25) is 0 Å². The Morgan fingerprint density at radius 3 is 3.00 bits per heavy atom. The lowest BCUT2D eigenvalue weighted by molar-refractivity contribution is 0.383. The fourth-order valence-corrected chi connectivity index (χ4v) is 1.85. The predicted octanol–water partition coefficient (Wildman–Crippen LogP) is 0.347. The molecule has 1 saturated carbocycles. The van der Waals surface area contributed by atoms with Gasteiger partial charge in [0.15, 0.2) is 5.82 Å². The van der Waals surface area contributed by atoms with Crippen molar-refractivity contribution < 1.29 is 4.52 Å². The van der Waals surface area contributed by atoms with Gasteiger partial charge >= 0.3 is 0 Å². The average molecular weight is 196 g/mol. The number of nitrogens with zero attached hydrogens (tertiary/aromatic N) is 2. The molecule has 0 amide bonds. The molecule has 2 rings (SSSR count). The number of nitrogens with two attached hydrogens (primary N) is 1. The highest BCUT2D eigenvalue weighted by molar-refractivity contribution is 4.87. The van der Waals surface area contributed by atoms with E-state index in [9.17, 15) is 0 Å². The van der Waals surface area contributed by atoms with E-state index >= 15 is 0 Å². The third-order valence-electron chi connectivity index (χ3n) is 2.59. The molecule has 0 bridgehead atoms. The third kappa shape index (κ3) is 2.30. The lowest BCUT2D eigenvalue weighted by Gasteiger charge is -2.09. The van der Waals surface area contributed by atoms with Gasteiger partial charge in [0.1, 0.15) is 0 Å². The lowest BCUT2D eigenvalue weighted by Crippen LogP contribution is -2.28. The van der Waals surface area contributed by atoms with Crippen molar-refractivity contribution >= 4 is 0 Å². The second-order valence-corrected chi connectivity index (χ2v) is 3.88. The number of aryl methyl sites for hydroxylation is 1. The van der Waals surface area contributed by atoms with Crippen molar-refractivity contribution in [1.82, 2.24) is 15.5 Å². The molecule has 0 aromatic carbocycles. The molecule has 5 nitrogen and oxygen atoms in total. The van der Waals surface area contributed by atoms with Crippen LogP contribution in [0.25, 0.3) is 0 Å². The standard InChI is InChI=1S/C9H16N4O/c1-6-12-9(13-14-6)5-11-8-3-2-7(10)4-8/h7-8,11H,2-5,10H2,1H3. The summed E-state index contributed by atoms with van der Waals surface area (Å²) in [5.74, 6) is 1.34. The van der Waals surface area contributed by atoms with Crippen LogP contribution in [0.5, 0.6) is 0 Å². The van der Waals surface area contributed by atoms with E-state index in [1.54, 1.807) is 6.92 Å². The Kier molecular flexibility index (Phi) is 2.79. The predicted molar refractivity (Wildman–Crippen MR) is 51.5 cm³/mol. The summed E-state index contributed by atoms with van der Waals surface area (Å²) in [6, 6.07) is 0.878. The Bertz CT molecular complexity index is 299. The Morgan fingerprint density at radius 1 is 1.57 bits per heavy atom. The zero-order valence-corrected chi connectivity index (χ0v) is 8.36. The minimum Gasteiger partial charge on any atom is -0.340 e. The maximum Gasteiger partial charge on any atom is 0.223 e. The quantitative estimate of drug-likeness (QED) is 0.729. The summed E-state index contributed by atoms with van der Waals surface area (Å²) < 4.78 is 4.88. The van der Waals surface area contributed by atoms with Gasteiger partial charge in [0.2, 0.25) is 5.89 Å². The first-order chi connectivity index (χ1) is 6.74. The number of nitrogens with one attached hydrogen (secondary N) is 1. The highest BCUT2D eigenvalue weighted by Crippen LogP contribution is 2.17. The molecular weight excluding hydrogens is 180 g/mol. The minimum atomic E-state index is 0.361. The summed E-state index contributed by atoms with van der Waals surface area (Å²) in [6.07, 6.45) is 3.32. The van der Waals surface area contributed by atoms with Gasteiger partial charge in [-0.25, -0.2) is 0 Å². The number of rotatable bonds is 3. The van der Waals surface area contributed by atoms with Crippen molar-refractivity contribution in [3.05, 3.63) is 11.7 Å². The molecule has 1 aromatic rings. The molecule has 1 aromatic heterocycles. The summed E-state index contributed by atoms with van der Waals surface area (Å²) in [7, 11) is 0. The van der Waals surface area contributed by atoms with E-state index < -0.39 is 0 Å². The highest BCUT2D eigenvalue weighted by Gasteiger charge is 2.21. The molecule has 1 aliphatic rings. The van der Waals surface area contributed by atoms with E-state index in [-0.39, 0.29) is 0 Å². The molecule has 1 heterocycles. The minimum absolute atomic E-state index is 0.361. The number of hydrogen-bond acceptors (Lipinski definition) is 5. The summed E-state index contributed by atoms with van der Waals surface area (Å²) in [6.45, 7) is 2.47. The van der Waals surface area contributed by atoms with Crippen molar-refractivity contribution in [3.8, 4) is 0 Å². The van der Waals surface area contributed by atoms with Gasteiger partial charge in [-0.2, -0.15) is 4.98 Å². The first kappa shape index (κ1) is 9.61. The van der Waals surface area contributed by atoms with Crippen LogP contribution in [-0.4, -0.2) is 22.2 Å². The zero-order chi connectivity index (χ0) is 9.97. The Balaban J connectivity index is 1.77. The van der Waals surface area contributed by atoms with Crippen LogP contribution in [0.4, 0.5) is 0 Å². The Labute approximate surface area is 83.1 Å². The van der Waals surface area contributed by atoms with Gasteiger partial charge in [-0.3, -0.25) is 0 Å². The Hall–Kier alpha value is -0.940. The molecule has 2 unspecified atom stereocenters. The van der Waals surface area contributed by atoms with E-state index in [2.05, 4.69) is 15.5 Å². The van der Waals surface area contributed by atoms with Crippen molar-refractivity contribution in [2.75, 3.05) is 0 Å². The van der Waals surface area contributed by atoms with Crippen LogP contribution in [0.1, 0.15) is 31.0 Å². The Morgan fingerprint density at radius 2 is 2.43 bits per heavy atom. The second-order valence-electron chi connectivity index (χ2n) is 3.88. The molecule has 78 valence electrons. The van der Waals surface area contributed by atoms with Crippen molar-refractivity contribution in [2.24, 2.45) is 5.73 Å². The largest absolute Gasteiger partial charge is 0.340 e. The maximum absolute atomic E-state index is 5.81. The molecule has 0 aliphatic heterocycles. The van der Waals surface area contributed by atoms with Crippen LogP contribution in [-0.2, 0) is 6.54 Å². The van der Waals surface area contributed by atoms with Crippen LogP contribution in [0.15, 0.2) is 4.52 Å². The zero-order valence-electron chi connectivity index (χ0n) is 8.36. The molecule has 0 saturated heterocycles. The maximum atomic E-state index is 5.81. The fourth-order valence-electron chi connectivity index (χ4n) is 1.85. The van der Waals surface area contributed by atoms with E-state index in [1.165, 1.54) is 0 Å². The monoisotopic (exact) mass is 196 g/mol. The van der Waals surface area contributed by atoms with E-state index in [1.807, 2.05) is 0 Å². The van der Waals surface area contributed by atoms with Crippen molar-refractivity contribution in [1.29, 1.82) is 0 Å². The molecule has 1 fully saturated rings. The van der Waals surface area contributed by atoms with Crippen molar-refractivity contribution in [3.63, 3.8) is 0 Å². The van der Waals surface area contributed by atoms with Gasteiger partial charge < -0.3 is 15.6 Å². The normalized spacial score (nSPS) is 27.0. The SMILES string of the molecule is Cc1nc(CNC2CCC(N)C2)no1. The van der Waals surface area contributed by atoms with E-state index in [0.29, 0.717) is 24.5 Å². The third-order valence-corrected chi connectivity index (χ3v) is 2.59. The average Bonchev–Trinajstić information content (AvgIpc) is 2.72. The first-order valence-corrected chi connectivity index (χ1v) is 5.02. The molecule has 0 spiro atoms. The number of aromatic nitrogens is 2. The molecular formula is C9H16N4O. The molecule has 14 heavy (non-hydrogen) atoms. The molecule has 0 radical (unpaired) electrons. The van der Waals surface area contributed by atoms with E-state index in [4.69, 9.17) is 10.3 Å². The van der Waals surface area contributed by atoms with Gasteiger partial charge in [0, 0.05) is 19.0 Å². The van der Waals surface area contributed by atoms with Gasteiger partial charge in [0.25, 0.3) is 0 Å². The smallest absolute Gasteiger partial charge is 0.223 e. The number of hydrogen-bond donors (Lipinski definition) is 2. The molecule has 2 atom stereocenters. The van der Waals surface area contributed by atoms with Crippen LogP contribution < -0.4 is 11.1 Å². The molecule has 1 aliphatic carbocycles. The fraction of sp³-hybridized carbons (Fsp3) is 0.778. The highest BCUT2D eigenvalue weighted by atomic mass is 16.5. The molecule has 3 N–H and O–H groups in total. The van der Waals surface area contributed by atoms with Crippen LogP contribution in [0.3, 0.4) is 0 Å². The van der Waals surface area contributed by atoms with Crippen LogP contribution >= 0.6 is 0 Å². The molecule has 5 heteroatoms. The summed E-state index contributed by atoms with van der Waals surface area (Å²) >= 11 is 0.